The Balaban J connectivity index is 2.18. The summed E-state index contributed by atoms with van der Waals surface area (Å²) in [5, 5.41) is 6.52. The van der Waals surface area contributed by atoms with Crippen LogP contribution in [0.3, 0.4) is 0 Å². The first-order valence-electron chi connectivity index (χ1n) is 8.57. The summed E-state index contributed by atoms with van der Waals surface area (Å²) < 4.78 is 6.31. The van der Waals surface area contributed by atoms with Crippen molar-refractivity contribution in [2.24, 2.45) is 4.99 Å². The molecule has 1 N–H and O–H groups in total. The summed E-state index contributed by atoms with van der Waals surface area (Å²) in [6.07, 6.45) is 0. The maximum atomic E-state index is 6.31. The Morgan fingerprint density at radius 1 is 1.12 bits per heavy atom. The smallest absolute Gasteiger partial charge is 0.158 e. The molecule has 0 saturated carbocycles. The molecular formula is C21H21N3O. The maximum absolute atomic E-state index is 6.31. The number of nitrogens with one attached hydrogen (secondary N) is 1. The van der Waals surface area contributed by atoms with E-state index in [0.29, 0.717) is 0 Å². The van der Waals surface area contributed by atoms with Crippen LogP contribution in [0.25, 0.3) is 33.3 Å². The molecule has 0 radical (unpaired) electrons. The highest BCUT2D eigenvalue weighted by Gasteiger charge is 2.19. The molecule has 2 aliphatic rings. The van der Waals surface area contributed by atoms with E-state index in [0.717, 1.165) is 62.0 Å². The normalized spacial score (nSPS) is 12.4. The molecule has 0 amide bonds. The Hall–Kier alpha value is -2.88. The summed E-state index contributed by atoms with van der Waals surface area (Å²) in [7, 11) is 1.82. The molecule has 0 fully saturated rings. The summed E-state index contributed by atoms with van der Waals surface area (Å²) in [6.45, 7) is 7.10. The molecule has 0 unspecified atom stereocenters. The topological polar surface area (TPSA) is 50.4 Å². The molecule has 1 aliphatic heterocycles. The molecule has 4 heteroatoms. The Morgan fingerprint density at radius 2 is 1.88 bits per heavy atom. The third-order valence-electron chi connectivity index (χ3n) is 4.69. The minimum absolute atomic E-state index is 0.787. The van der Waals surface area contributed by atoms with Gasteiger partial charge in [0.05, 0.1) is 5.36 Å². The van der Waals surface area contributed by atoms with Crippen LogP contribution >= 0.6 is 0 Å². The molecule has 2 aromatic rings. The number of fused-ring (bicyclic) bond motifs is 4. The van der Waals surface area contributed by atoms with Crippen LogP contribution in [0.4, 0.5) is 5.69 Å². The van der Waals surface area contributed by atoms with Crippen LogP contribution in [0, 0.1) is 13.8 Å². The molecule has 1 heterocycles. The van der Waals surface area contributed by atoms with Gasteiger partial charge in [-0.05, 0) is 32.4 Å². The van der Waals surface area contributed by atoms with Crippen molar-refractivity contribution in [3.63, 3.8) is 0 Å². The highest BCUT2D eigenvalue weighted by Crippen LogP contribution is 2.34. The van der Waals surface area contributed by atoms with E-state index >= 15 is 0 Å². The lowest BCUT2D eigenvalue weighted by Crippen LogP contribution is -2.12. The van der Waals surface area contributed by atoms with Crippen molar-refractivity contribution in [2.75, 3.05) is 18.9 Å². The van der Waals surface area contributed by atoms with Crippen molar-refractivity contribution in [2.45, 2.75) is 20.8 Å². The highest BCUT2D eigenvalue weighted by atomic mass is 16.3. The fourth-order valence-corrected chi connectivity index (χ4v) is 3.48. The van der Waals surface area contributed by atoms with Gasteiger partial charge in [-0.3, -0.25) is 4.99 Å². The van der Waals surface area contributed by atoms with E-state index in [1.165, 1.54) is 0 Å². The van der Waals surface area contributed by atoms with Crippen molar-refractivity contribution in [1.82, 2.24) is 4.98 Å². The predicted molar refractivity (Wildman–Crippen MR) is 103 cm³/mol. The highest BCUT2D eigenvalue weighted by molar-refractivity contribution is 5.97. The molecule has 0 atom stereocenters. The Kier molecular flexibility index (Phi) is 3.68. The lowest BCUT2D eigenvalue weighted by atomic mass is 9.99. The summed E-state index contributed by atoms with van der Waals surface area (Å²) in [4.78, 5) is 9.43. The van der Waals surface area contributed by atoms with Gasteiger partial charge in [-0.1, -0.05) is 24.3 Å². The molecule has 0 saturated heterocycles. The molecule has 126 valence electrons. The van der Waals surface area contributed by atoms with Crippen molar-refractivity contribution in [3.05, 3.63) is 52.9 Å². The van der Waals surface area contributed by atoms with E-state index in [9.17, 15) is 0 Å². The van der Waals surface area contributed by atoms with Gasteiger partial charge in [0.2, 0.25) is 0 Å². The van der Waals surface area contributed by atoms with Gasteiger partial charge in [-0.2, -0.15) is 0 Å². The molecule has 2 aromatic carbocycles. The number of aryl methyl sites for hydroxylation is 1. The first kappa shape index (κ1) is 15.6. The third kappa shape index (κ3) is 2.37. The zero-order valence-electron chi connectivity index (χ0n) is 15.0. The van der Waals surface area contributed by atoms with Gasteiger partial charge in [0.15, 0.2) is 11.3 Å². The van der Waals surface area contributed by atoms with Gasteiger partial charge in [0, 0.05) is 41.7 Å². The van der Waals surface area contributed by atoms with Gasteiger partial charge in [0.1, 0.15) is 11.2 Å². The quantitative estimate of drug-likeness (QED) is 0.429. The number of aromatic nitrogens is 1. The number of hydrogen-bond donors (Lipinski definition) is 1. The minimum atomic E-state index is 0.787. The Labute approximate surface area is 146 Å². The first-order chi connectivity index (χ1) is 12.1. The first-order valence-corrected chi connectivity index (χ1v) is 8.57. The van der Waals surface area contributed by atoms with E-state index < -0.39 is 0 Å². The second-order valence-electron chi connectivity index (χ2n) is 6.30. The Morgan fingerprint density at radius 3 is 2.60 bits per heavy atom. The molecule has 0 aromatic heterocycles. The number of nitrogens with zero attached hydrogens (tertiary/aromatic N) is 2. The van der Waals surface area contributed by atoms with Crippen molar-refractivity contribution < 1.29 is 4.42 Å². The minimum Gasteiger partial charge on any atom is -0.452 e. The number of hydrogen-bond acceptors (Lipinski definition) is 4. The summed E-state index contributed by atoms with van der Waals surface area (Å²) in [5.41, 5.74) is 5.82. The van der Waals surface area contributed by atoms with Crippen molar-refractivity contribution in [3.8, 4) is 11.5 Å². The van der Waals surface area contributed by atoms with E-state index in [-0.39, 0.29) is 0 Å². The average molecular weight is 331 g/mol. The lowest BCUT2D eigenvalue weighted by molar-refractivity contribution is 0.609. The van der Waals surface area contributed by atoms with E-state index in [1.54, 1.807) is 0 Å². The second kappa shape index (κ2) is 5.88. The molecule has 0 spiro atoms. The van der Waals surface area contributed by atoms with Crippen LogP contribution < -0.4 is 10.7 Å². The maximum Gasteiger partial charge on any atom is 0.158 e. The average Bonchev–Trinajstić information content (AvgIpc) is 2.62. The summed E-state index contributed by atoms with van der Waals surface area (Å²) in [6, 6.07) is 12.4. The van der Waals surface area contributed by atoms with E-state index in [1.807, 2.05) is 32.2 Å². The summed E-state index contributed by atoms with van der Waals surface area (Å²) in [5.74, 6) is 0.804. The zero-order valence-corrected chi connectivity index (χ0v) is 15.0. The van der Waals surface area contributed by atoms with Gasteiger partial charge in [-0.25, -0.2) is 4.98 Å². The van der Waals surface area contributed by atoms with E-state index in [4.69, 9.17) is 9.40 Å². The lowest BCUT2D eigenvalue weighted by Gasteiger charge is -2.15. The third-order valence-corrected chi connectivity index (χ3v) is 4.69. The van der Waals surface area contributed by atoms with Crippen molar-refractivity contribution >= 4 is 27.6 Å². The van der Waals surface area contributed by atoms with Crippen LogP contribution in [0.15, 0.2) is 45.8 Å². The molecule has 4 rings (SSSR count). The van der Waals surface area contributed by atoms with Gasteiger partial charge in [-0.15, -0.1) is 0 Å². The predicted octanol–water partition coefficient (Wildman–Crippen LogP) is 4.66. The van der Waals surface area contributed by atoms with Gasteiger partial charge < -0.3 is 9.73 Å². The molecule has 0 bridgehead atoms. The largest absolute Gasteiger partial charge is 0.452 e. The molecule has 1 aliphatic carbocycles. The van der Waals surface area contributed by atoms with Gasteiger partial charge >= 0.3 is 0 Å². The second-order valence-corrected chi connectivity index (χ2v) is 6.30. The molecular weight excluding hydrogens is 310 g/mol. The monoisotopic (exact) mass is 331 g/mol. The van der Waals surface area contributed by atoms with Crippen molar-refractivity contribution in [1.29, 1.82) is 0 Å². The SMILES string of the molecule is CCNc1cc2oc3c(C)/c(=N/C)c4ccccc4c-3nc2cc1C. The fourth-order valence-electron chi connectivity index (χ4n) is 3.48. The van der Waals surface area contributed by atoms with Gasteiger partial charge in [0.25, 0.3) is 0 Å². The van der Waals surface area contributed by atoms with Crippen LogP contribution in [0.5, 0.6) is 0 Å². The zero-order chi connectivity index (χ0) is 17.6. The molecule has 25 heavy (non-hydrogen) atoms. The standard InChI is InChI=1S/C21H21N3O/c1-5-23-16-11-18-17(10-12(16)2)24-20-15-9-7-6-8-14(15)19(22-4)13(3)21(20)25-18/h6-11,23H,5H2,1-4H3/b22-19-. The van der Waals surface area contributed by atoms with Crippen LogP contribution in [-0.2, 0) is 0 Å². The van der Waals surface area contributed by atoms with Crippen LogP contribution in [0.1, 0.15) is 18.1 Å². The number of rotatable bonds is 2. The summed E-state index contributed by atoms with van der Waals surface area (Å²) >= 11 is 0. The van der Waals surface area contributed by atoms with Crippen LogP contribution in [-0.4, -0.2) is 18.6 Å². The fraction of sp³-hybridized carbons (Fsp3) is 0.238. The molecule has 4 nitrogen and oxygen atoms in total. The van der Waals surface area contributed by atoms with E-state index in [2.05, 4.69) is 42.4 Å². The number of benzene rings is 3. The Bertz CT molecular complexity index is 1140. The van der Waals surface area contributed by atoms with Crippen LogP contribution in [0.2, 0.25) is 0 Å². The number of anilines is 1.